The molecule has 0 saturated heterocycles. The van der Waals surface area contributed by atoms with Gasteiger partial charge in [-0.25, -0.2) is 14.1 Å². The number of thioether (sulfide) groups is 1. The molecule has 3 rings (SSSR count). The Morgan fingerprint density at radius 1 is 1.29 bits per heavy atom. The second kappa shape index (κ2) is 9.65. The summed E-state index contributed by atoms with van der Waals surface area (Å²) in [5, 5.41) is 34.3. The van der Waals surface area contributed by atoms with Crippen LogP contribution in [0.15, 0.2) is 55.1 Å². The lowest BCUT2D eigenvalue weighted by atomic mass is 9.86. The number of nitrogens with zero attached hydrogens (tertiary/aromatic N) is 3. The summed E-state index contributed by atoms with van der Waals surface area (Å²) in [6, 6.07) is 8.38. The average molecular weight is 467 g/mol. The molecule has 3 aromatic rings. The van der Waals surface area contributed by atoms with Crippen LogP contribution in [0.2, 0.25) is 5.02 Å². The first-order valence-corrected chi connectivity index (χ1v) is 10.5. The second-order valence-electron chi connectivity index (χ2n) is 6.89. The molecule has 0 amide bonds. The molecule has 0 aliphatic rings. The number of nitrogens with two attached hydrogens (primary N) is 1. The van der Waals surface area contributed by atoms with Gasteiger partial charge in [-0.1, -0.05) is 29.8 Å². The number of benzene rings is 2. The van der Waals surface area contributed by atoms with Crippen LogP contribution < -0.4 is 5.73 Å². The largest absolute Gasteiger partial charge is 0.508 e. The summed E-state index contributed by atoms with van der Waals surface area (Å²) in [6.45, 7) is -0.0875. The molecule has 0 fully saturated rings. The van der Waals surface area contributed by atoms with E-state index in [1.807, 2.05) is 0 Å². The number of carbonyl (C=O) groups is 1. The van der Waals surface area contributed by atoms with E-state index in [2.05, 4.69) is 10.1 Å². The first-order valence-electron chi connectivity index (χ1n) is 9.10. The van der Waals surface area contributed by atoms with Crippen molar-refractivity contribution in [2.45, 2.75) is 23.4 Å². The molecular weight excluding hydrogens is 447 g/mol. The Labute approximate surface area is 186 Å². The van der Waals surface area contributed by atoms with Gasteiger partial charge in [-0.15, -0.1) is 11.8 Å². The number of rotatable bonds is 9. The zero-order valence-electron chi connectivity index (χ0n) is 16.1. The molecule has 2 unspecified atom stereocenters. The smallest absolute Gasteiger partial charge is 0.321 e. The van der Waals surface area contributed by atoms with Crippen LogP contribution in [-0.2, 0) is 16.9 Å². The minimum atomic E-state index is -1.72. The van der Waals surface area contributed by atoms with E-state index in [0.717, 1.165) is 11.8 Å². The van der Waals surface area contributed by atoms with E-state index >= 15 is 0 Å². The van der Waals surface area contributed by atoms with Crippen molar-refractivity contribution in [3.8, 4) is 5.75 Å². The molecule has 1 heterocycles. The Balaban J connectivity index is 2.12. The van der Waals surface area contributed by atoms with Crippen LogP contribution in [-0.4, -0.2) is 47.8 Å². The number of hydrogen-bond donors (Lipinski definition) is 4. The standard InChI is InChI=1S/C20H20ClFN4O4S/c21-16-7-14(27)5-6-15(16)18(31-8-17(23)19(28)29)20(30,9-26-11-24-10-25-26)12-1-3-13(22)4-2-12/h1-7,10-11,17-18,27,30H,8-9,23H2,(H,28,29)/t17-,18?,20?/m0/s1. The van der Waals surface area contributed by atoms with Crippen molar-refractivity contribution >= 4 is 29.3 Å². The van der Waals surface area contributed by atoms with Gasteiger partial charge >= 0.3 is 5.97 Å². The maximum absolute atomic E-state index is 13.6. The highest BCUT2D eigenvalue weighted by molar-refractivity contribution is 7.99. The van der Waals surface area contributed by atoms with E-state index < -0.39 is 28.7 Å². The topological polar surface area (TPSA) is 134 Å². The Bertz CT molecular complexity index is 1040. The molecule has 11 heteroatoms. The number of aliphatic hydroxyl groups is 1. The van der Waals surface area contributed by atoms with Crippen LogP contribution in [0.1, 0.15) is 16.4 Å². The number of carboxylic acid groups (broad SMARTS) is 1. The molecule has 5 N–H and O–H groups in total. The Hall–Kier alpha value is -2.66. The van der Waals surface area contributed by atoms with Crippen LogP contribution in [0.3, 0.4) is 0 Å². The maximum atomic E-state index is 13.6. The molecule has 0 saturated carbocycles. The van der Waals surface area contributed by atoms with Crippen LogP contribution in [0.4, 0.5) is 4.39 Å². The summed E-state index contributed by atoms with van der Waals surface area (Å²) < 4.78 is 15.0. The predicted molar refractivity (Wildman–Crippen MR) is 114 cm³/mol. The Morgan fingerprint density at radius 3 is 2.58 bits per heavy atom. The first kappa shape index (κ1) is 23.0. The third-order valence-electron chi connectivity index (χ3n) is 4.67. The molecule has 0 aliphatic heterocycles. The zero-order chi connectivity index (χ0) is 22.6. The Morgan fingerprint density at radius 2 is 2.00 bits per heavy atom. The second-order valence-corrected chi connectivity index (χ2v) is 8.43. The Kier molecular flexibility index (Phi) is 7.16. The minimum Gasteiger partial charge on any atom is -0.508 e. The van der Waals surface area contributed by atoms with Crippen molar-refractivity contribution < 1.29 is 24.5 Å². The zero-order valence-corrected chi connectivity index (χ0v) is 17.7. The van der Waals surface area contributed by atoms with Gasteiger partial charge < -0.3 is 21.1 Å². The van der Waals surface area contributed by atoms with E-state index in [1.165, 1.54) is 59.8 Å². The number of halogens is 2. The van der Waals surface area contributed by atoms with Crippen molar-refractivity contribution in [3.05, 3.63) is 77.1 Å². The fourth-order valence-corrected chi connectivity index (χ4v) is 4.87. The van der Waals surface area contributed by atoms with Crippen LogP contribution in [0.5, 0.6) is 5.75 Å². The summed E-state index contributed by atoms with van der Waals surface area (Å²) in [5.41, 5.74) is 4.77. The summed E-state index contributed by atoms with van der Waals surface area (Å²) in [5.74, 6) is -1.78. The van der Waals surface area contributed by atoms with Gasteiger partial charge in [-0.05, 0) is 35.4 Å². The van der Waals surface area contributed by atoms with Gasteiger partial charge in [0.05, 0.1) is 11.8 Å². The van der Waals surface area contributed by atoms with Gasteiger partial charge in [-0.3, -0.25) is 4.79 Å². The lowest BCUT2D eigenvalue weighted by Gasteiger charge is -2.37. The van der Waals surface area contributed by atoms with Gasteiger partial charge in [0, 0.05) is 10.8 Å². The van der Waals surface area contributed by atoms with Gasteiger partial charge in [0.2, 0.25) is 0 Å². The monoisotopic (exact) mass is 466 g/mol. The first-order chi connectivity index (χ1) is 14.7. The third kappa shape index (κ3) is 5.34. The van der Waals surface area contributed by atoms with Gasteiger partial charge in [0.25, 0.3) is 0 Å². The SMILES string of the molecule is N[C@@H](CSC(c1ccc(O)cc1Cl)C(O)(Cn1cncn1)c1ccc(F)cc1)C(=O)O. The van der Waals surface area contributed by atoms with E-state index in [1.54, 1.807) is 0 Å². The summed E-state index contributed by atoms with van der Waals surface area (Å²) in [6.07, 6.45) is 2.72. The number of phenolic OH excluding ortho intramolecular Hbond substituents is 1. The third-order valence-corrected chi connectivity index (χ3v) is 6.53. The van der Waals surface area contributed by atoms with Crippen LogP contribution in [0.25, 0.3) is 0 Å². The number of phenols is 1. The van der Waals surface area contributed by atoms with E-state index in [4.69, 9.17) is 17.3 Å². The van der Waals surface area contributed by atoms with Gasteiger partial charge in [-0.2, -0.15) is 5.10 Å². The van der Waals surface area contributed by atoms with Crippen LogP contribution in [0, 0.1) is 5.82 Å². The van der Waals surface area contributed by atoms with E-state index in [-0.39, 0.29) is 23.1 Å². The van der Waals surface area contributed by atoms with Crippen molar-refractivity contribution in [2.24, 2.45) is 5.73 Å². The quantitative estimate of drug-likeness (QED) is 0.378. The molecule has 8 nitrogen and oxygen atoms in total. The number of aliphatic carboxylic acids is 1. The van der Waals surface area contributed by atoms with Crippen molar-refractivity contribution in [3.63, 3.8) is 0 Å². The van der Waals surface area contributed by atoms with Crippen molar-refractivity contribution in [1.82, 2.24) is 14.8 Å². The van der Waals surface area contributed by atoms with Crippen molar-refractivity contribution in [1.29, 1.82) is 0 Å². The summed E-state index contributed by atoms with van der Waals surface area (Å²) in [4.78, 5) is 15.1. The molecule has 0 radical (unpaired) electrons. The summed E-state index contributed by atoms with van der Waals surface area (Å²) >= 11 is 7.46. The average Bonchev–Trinajstić information content (AvgIpc) is 3.22. The molecule has 2 aromatic carbocycles. The maximum Gasteiger partial charge on any atom is 0.321 e. The van der Waals surface area contributed by atoms with Gasteiger partial charge in [0.1, 0.15) is 35.9 Å². The van der Waals surface area contributed by atoms with Crippen LogP contribution >= 0.6 is 23.4 Å². The minimum absolute atomic E-state index is 0.0436. The molecular formula is C20H20ClFN4O4S. The van der Waals surface area contributed by atoms with Crippen molar-refractivity contribution in [2.75, 3.05) is 5.75 Å². The molecule has 31 heavy (non-hydrogen) atoms. The number of aromatic nitrogens is 3. The number of carboxylic acids is 1. The highest BCUT2D eigenvalue weighted by Crippen LogP contribution is 2.48. The van der Waals surface area contributed by atoms with Gasteiger partial charge in [0.15, 0.2) is 0 Å². The number of aromatic hydroxyl groups is 1. The normalized spacial score (nSPS) is 15.2. The highest BCUT2D eigenvalue weighted by atomic mass is 35.5. The molecule has 0 bridgehead atoms. The lowest BCUT2D eigenvalue weighted by Crippen LogP contribution is -2.39. The fourth-order valence-electron chi connectivity index (χ4n) is 3.11. The predicted octanol–water partition coefficient (Wildman–Crippen LogP) is 2.55. The number of hydrogen-bond acceptors (Lipinski definition) is 7. The van der Waals surface area contributed by atoms with E-state index in [9.17, 15) is 24.5 Å². The van der Waals surface area contributed by atoms with E-state index in [0.29, 0.717) is 11.1 Å². The molecule has 0 aliphatic carbocycles. The molecule has 3 atom stereocenters. The molecule has 0 spiro atoms. The summed E-state index contributed by atoms with van der Waals surface area (Å²) in [7, 11) is 0. The lowest BCUT2D eigenvalue weighted by molar-refractivity contribution is -0.137. The molecule has 1 aromatic heterocycles. The molecule has 164 valence electrons. The fraction of sp³-hybridized carbons (Fsp3) is 0.250. The highest BCUT2D eigenvalue weighted by Gasteiger charge is 2.42.